The number of aromatic nitrogens is 1. The van der Waals surface area contributed by atoms with Crippen LogP contribution in [-0.4, -0.2) is 21.9 Å². The Balaban J connectivity index is 2.56. The van der Waals surface area contributed by atoms with E-state index in [1.807, 2.05) is 0 Å². The zero-order valence-electron chi connectivity index (χ0n) is 9.52. The van der Waals surface area contributed by atoms with E-state index < -0.39 is 0 Å². The maximum atomic E-state index is 10.0. The second kappa shape index (κ2) is 5.10. The number of rotatable bonds is 3. The van der Waals surface area contributed by atoms with Crippen LogP contribution in [0.1, 0.15) is 5.56 Å². The van der Waals surface area contributed by atoms with E-state index in [0.717, 1.165) is 0 Å². The lowest BCUT2D eigenvalue weighted by molar-refractivity contribution is 0.181. The van der Waals surface area contributed by atoms with Gasteiger partial charge >= 0.3 is 0 Å². The Morgan fingerprint density at radius 1 is 1.11 bits per heavy atom. The molecule has 0 aliphatic heterocycles. The van der Waals surface area contributed by atoms with Gasteiger partial charge in [0.25, 0.3) is 0 Å². The van der Waals surface area contributed by atoms with Gasteiger partial charge in [-0.1, -0.05) is 23.2 Å². The molecular weight excluding hydrogens is 277 g/mol. The monoisotopic (exact) mass is 287 g/mol. The Hall–Kier alpha value is -1.36. The highest BCUT2D eigenvalue weighted by Gasteiger charge is 2.15. The maximum Gasteiger partial charge on any atom is 0.204 e. The molecule has 2 aromatic rings. The fourth-order valence-electron chi connectivity index (χ4n) is 1.72. The Labute approximate surface area is 114 Å². The SMILES string of the molecule is COCc1cc(O)n(-c2cc(Cl)cc(Cl)c2)c1O. The second-order valence-corrected chi connectivity index (χ2v) is 4.62. The van der Waals surface area contributed by atoms with Gasteiger partial charge in [0.2, 0.25) is 5.88 Å². The summed E-state index contributed by atoms with van der Waals surface area (Å²) in [5, 5.41) is 20.7. The van der Waals surface area contributed by atoms with Crippen LogP contribution >= 0.6 is 23.2 Å². The highest BCUT2D eigenvalue weighted by Crippen LogP contribution is 2.33. The second-order valence-electron chi connectivity index (χ2n) is 3.75. The molecule has 0 aliphatic rings. The van der Waals surface area contributed by atoms with Crippen molar-refractivity contribution < 1.29 is 14.9 Å². The van der Waals surface area contributed by atoms with E-state index in [1.165, 1.54) is 17.7 Å². The third-order valence-corrected chi connectivity index (χ3v) is 2.87. The minimum atomic E-state index is -0.113. The summed E-state index contributed by atoms with van der Waals surface area (Å²) in [5.74, 6) is -0.217. The lowest BCUT2D eigenvalue weighted by Crippen LogP contribution is -1.94. The molecule has 2 rings (SSSR count). The van der Waals surface area contributed by atoms with E-state index in [-0.39, 0.29) is 18.4 Å². The Bertz CT molecular complexity index is 561. The summed E-state index contributed by atoms with van der Waals surface area (Å²) in [6.45, 7) is 0.195. The van der Waals surface area contributed by atoms with Crippen LogP contribution in [0.4, 0.5) is 0 Å². The van der Waals surface area contributed by atoms with Gasteiger partial charge in [0.15, 0.2) is 5.88 Å². The van der Waals surface area contributed by atoms with E-state index in [1.54, 1.807) is 18.2 Å². The van der Waals surface area contributed by atoms with Crippen molar-refractivity contribution in [1.29, 1.82) is 0 Å². The number of halogens is 2. The molecule has 0 saturated carbocycles. The predicted molar refractivity (Wildman–Crippen MR) is 69.8 cm³/mol. The van der Waals surface area contributed by atoms with Crippen molar-refractivity contribution in [2.45, 2.75) is 6.61 Å². The van der Waals surface area contributed by atoms with Gasteiger partial charge in [-0.15, -0.1) is 0 Å². The molecule has 0 amide bonds. The van der Waals surface area contributed by atoms with Gasteiger partial charge in [-0.25, -0.2) is 0 Å². The molecule has 0 bridgehead atoms. The highest BCUT2D eigenvalue weighted by atomic mass is 35.5. The number of benzene rings is 1. The Kier molecular flexibility index (Phi) is 3.71. The average molecular weight is 288 g/mol. The van der Waals surface area contributed by atoms with Crippen LogP contribution in [0.3, 0.4) is 0 Å². The largest absolute Gasteiger partial charge is 0.494 e. The topological polar surface area (TPSA) is 54.6 Å². The summed E-state index contributed by atoms with van der Waals surface area (Å²) >= 11 is 11.8. The number of methoxy groups -OCH3 is 1. The molecule has 0 aliphatic carbocycles. The van der Waals surface area contributed by atoms with Gasteiger partial charge in [0, 0.05) is 28.8 Å². The molecule has 2 N–H and O–H groups in total. The average Bonchev–Trinajstić information content (AvgIpc) is 2.53. The number of hydrogen-bond donors (Lipinski definition) is 2. The summed E-state index contributed by atoms with van der Waals surface area (Å²) in [6.07, 6.45) is 0. The summed E-state index contributed by atoms with van der Waals surface area (Å²) in [6, 6.07) is 6.17. The number of ether oxygens (including phenoxy) is 1. The van der Waals surface area contributed by atoms with Gasteiger partial charge in [-0.2, -0.15) is 0 Å². The van der Waals surface area contributed by atoms with E-state index in [0.29, 0.717) is 21.3 Å². The third kappa shape index (κ3) is 2.41. The van der Waals surface area contributed by atoms with Crippen LogP contribution in [-0.2, 0) is 11.3 Å². The molecule has 0 spiro atoms. The summed E-state index contributed by atoms with van der Waals surface area (Å²) < 4.78 is 6.17. The Morgan fingerprint density at radius 3 is 2.28 bits per heavy atom. The van der Waals surface area contributed by atoms with Crippen LogP contribution in [0.2, 0.25) is 10.0 Å². The Morgan fingerprint density at radius 2 is 1.72 bits per heavy atom. The fraction of sp³-hybridized carbons (Fsp3) is 0.167. The van der Waals surface area contributed by atoms with Crippen molar-refractivity contribution >= 4 is 23.2 Å². The lowest BCUT2D eigenvalue weighted by Gasteiger charge is -2.08. The van der Waals surface area contributed by atoms with Crippen molar-refractivity contribution in [2.75, 3.05) is 7.11 Å². The van der Waals surface area contributed by atoms with Crippen molar-refractivity contribution in [3.63, 3.8) is 0 Å². The van der Waals surface area contributed by atoms with Crippen LogP contribution in [0.5, 0.6) is 11.8 Å². The van der Waals surface area contributed by atoms with Gasteiger partial charge in [-0.3, -0.25) is 4.57 Å². The quantitative estimate of drug-likeness (QED) is 0.910. The van der Waals surface area contributed by atoms with Crippen LogP contribution in [0, 0.1) is 0 Å². The first-order valence-corrected chi connectivity index (χ1v) is 5.86. The van der Waals surface area contributed by atoms with Crippen molar-refractivity contribution in [1.82, 2.24) is 4.57 Å². The third-order valence-electron chi connectivity index (χ3n) is 2.44. The molecule has 6 heteroatoms. The zero-order chi connectivity index (χ0) is 13.3. The van der Waals surface area contributed by atoms with Crippen molar-refractivity contribution in [3.8, 4) is 17.4 Å². The fourth-order valence-corrected chi connectivity index (χ4v) is 2.24. The molecular formula is C12H11Cl2NO3. The van der Waals surface area contributed by atoms with Crippen LogP contribution in [0.25, 0.3) is 5.69 Å². The molecule has 1 heterocycles. The van der Waals surface area contributed by atoms with Gasteiger partial charge in [0.1, 0.15) is 0 Å². The molecule has 0 fully saturated rings. The van der Waals surface area contributed by atoms with E-state index in [2.05, 4.69) is 0 Å². The molecule has 1 aromatic heterocycles. The summed E-state index contributed by atoms with van der Waals surface area (Å²) in [5.41, 5.74) is 0.955. The lowest BCUT2D eigenvalue weighted by atomic mass is 10.3. The van der Waals surface area contributed by atoms with Crippen LogP contribution < -0.4 is 0 Å². The van der Waals surface area contributed by atoms with E-state index in [9.17, 15) is 10.2 Å². The number of nitrogens with zero attached hydrogens (tertiary/aromatic N) is 1. The molecule has 0 radical (unpaired) electrons. The predicted octanol–water partition coefficient (Wildman–Crippen LogP) is 3.34. The number of hydrogen-bond acceptors (Lipinski definition) is 3. The smallest absolute Gasteiger partial charge is 0.204 e. The molecule has 1 aromatic carbocycles. The molecule has 0 unspecified atom stereocenters. The van der Waals surface area contributed by atoms with E-state index >= 15 is 0 Å². The number of aromatic hydroxyl groups is 2. The maximum absolute atomic E-state index is 10.0. The standard InChI is InChI=1S/C12H11Cl2NO3/c1-18-6-7-2-11(16)15(12(7)17)10-4-8(13)3-9(14)5-10/h2-5,16-17H,6H2,1H3. The molecule has 96 valence electrons. The zero-order valence-corrected chi connectivity index (χ0v) is 11.0. The van der Waals surface area contributed by atoms with Crippen molar-refractivity contribution in [3.05, 3.63) is 39.9 Å². The summed E-state index contributed by atoms with van der Waals surface area (Å²) in [7, 11) is 1.50. The van der Waals surface area contributed by atoms with E-state index in [4.69, 9.17) is 27.9 Å². The van der Waals surface area contributed by atoms with Crippen molar-refractivity contribution in [2.24, 2.45) is 0 Å². The first-order valence-electron chi connectivity index (χ1n) is 5.11. The highest BCUT2D eigenvalue weighted by molar-refractivity contribution is 6.34. The molecule has 4 nitrogen and oxygen atoms in total. The van der Waals surface area contributed by atoms with Gasteiger partial charge in [-0.05, 0) is 18.2 Å². The first kappa shape index (κ1) is 13.1. The molecule has 0 atom stereocenters. The molecule has 18 heavy (non-hydrogen) atoms. The minimum absolute atomic E-state index is 0.104. The molecule has 0 saturated heterocycles. The van der Waals surface area contributed by atoms with Gasteiger partial charge < -0.3 is 14.9 Å². The normalized spacial score (nSPS) is 10.8. The first-order chi connectivity index (χ1) is 8.52. The summed E-state index contributed by atoms with van der Waals surface area (Å²) in [4.78, 5) is 0. The van der Waals surface area contributed by atoms with Gasteiger partial charge in [0.05, 0.1) is 12.3 Å². The van der Waals surface area contributed by atoms with Crippen LogP contribution in [0.15, 0.2) is 24.3 Å². The minimum Gasteiger partial charge on any atom is -0.494 e.